The number of hydrogen-bond acceptors (Lipinski definition) is 5. The highest BCUT2D eigenvalue weighted by atomic mass is 32.2. The van der Waals surface area contributed by atoms with Gasteiger partial charge in [-0.25, -0.2) is 36.3 Å². The molecule has 7 nitrogen and oxygen atoms in total. The number of nitrogens with zero attached hydrogens (tertiary/aromatic N) is 4. The number of sulfonamides is 1. The first-order chi connectivity index (χ1) is 15.2. The van der Waals surface area contributed by atoms with Gasteiger partial charge in [-0.15, -0.1) is 0 Å². The number of hydrogen-bond donors (Lipinski definition) is 1. The molecule has 32 heavy (non-hydrogen) atoms. The molecule has 2 heterocycles. The summed E-state index contributed by atoms with van der Waals surface area (Å²) in [6, 6.07) is 7.18. The smallest absolute Gasteiger partial charge is 0.244 e. The molecular formula is C21H20F3N5O2S. The van der Waals surface area contributed by atoms with Crippen molar-refractivity contribution in [1.29, 1.82) is 5.26 Å². The van der Waals surface area contributed by atoms with E-state index in [1.807, 2.05) is 4.72 Å². The van der Waals surface area contributed by atoms with Gasteiger partial charge in [0.15, 0.2) is 5.82 Å². The van der Waals surface area contributed by atoms with Crippen LogP contribution in [0.25, 0.3) is 22.4 Å². The van der Waals surface area contributed by atoms with Gasteiger partial charge in [-0.2, -0.15) is 5.26 Å². The van der Waals surface area contributed by atoms with Gasteiger partial charge in [0.25, 0.3) is 0 Å². The van der Waals surface area contributed by atoms with Crippen LogP contribution in [0.4, 0.5) is 13.2 Å². The summed E-state index contributed by atoms with van der Waals surface area (Å²) in [6.07, 6.45) is 2.93. The average Bonchev–Trinajstić information content (AvgIpc) is 3.10. The van der Waals surface area contributed by atoms with E-state index in [4.69, 9.17) is 0 Å². The quantitative estimate of drug-likeness (QED) is 0.577. The minimum Gasteiger partial charge on any atom is -0.330 e. The molecule has 0 saturated heterocycles. The summed E-state index contributed by atoms with van der Waals surface area (Å²) in [7, 11) is -4.25. The summed E-state index contributed by atoms with van der Waals surface area (Å²) in [5.74, 6) is 0.0481. The van der Waals surface area contributed by atoms with Crippen molar-refractivity contribution >= 4 is 20.9 Å². The number of benzene rings is 1. The second-order valence-corrected chi connectivity index (χ2v) is 9.64. The third-order valence-corrected chi connectivity index (χ3v) is 7.26. The van der Waals surface area contributed by atoms with Crippen LogP contribution in [0, 0.1) is 11.3 Å². The molecule has 1 fully saturated rings. The molecule has 2 unspecified atom stereocenters. The van der Waals surface area contributed by atoms with E-state index in [0.29, 0.717) is 29.4 Å². The summed E-state index contributed by atoms with van der Waals surface area (Å²) in [6.45, 7) is -0.909. The van der Waals surface area contributed by atoms with Gasteiger partial charge >= 0.3 is 0 Å². The fourth-order valence-electron chi connectivity index (χ4n) is 3.96. The van der Waals surface area contributed by atoms with Crippen LogP contribution < -0.4 is 4.72 Å². The predicted molar refractivity (Wildman–Crippen MR) is 112 cm³/mol. The van der Waals surface area contributed by atoms with Crippen molar-refractivity contribution in [3.63, 3.8) is 0 Å². The van der Waals surface area contributed by atoms with E-state index in [1.165, 1.54) is 6.92 Å². The predicted octanol–water partition coefficient (Wildman–Crippen LogP) is 3.62. The van der Waals surface area contributed by atoms with Gasteiger partial charge in [-0.05, 0) is 25.8 Å². The van der Waals surface area contributed by atoms with E-state index in [0.717, 1.165) is 12.4 Å². The lowest BCUT2D eigenvalue weighted by Gasteiger charge is -2.42. The van der Waals surface area contributed by atoms with E-state index in [-0.39, 0.29) is 16.3 Å². The zero-order valence-corrected chi connectivity index (χ0v) is 17.9. The van der Waals surface area contributed by atoms with Crippen LogP contribution in [0.2, 0.25) is 0 Å². The SMILES string of the molecule is CC1(F)CCC1n1c(-c2ncc(S(=O)(=O)NC(CF)CF)cn2)c(C#N)c2ccccc21. The molecule has 1 saturated carbocycles. The Labute approximate surface area is 183 Å². The molecule has 1 aliphatic carbocycles. The average molecular weight is 463 g/mol. The summed E-state index contributed by atoms with van der Waals surface area (Å²) in [5.41, 5.74) is -0.274. The maximum atomic E-state index is 15.0. The van der Waals surface area contributed by atoms with E-state index in [2.05, 4.69) is 16.0 Å². The lowest BCUT2D eigenvalue weighted by molar-refractivity contribution is 0.0152. The van der Waals surface area contributed by atoms with Crippen LogP contribution in [0.1, 0.15) is 31.4 Å². The van der Waals surface area contributed by atoms with Crippen LogP contribution >= 0.6 is 0 Å². The second-order valence-electron chi connectivity index (χ2n) is 7.92. The van der Waals surface area contributed by atoms with Gasteiger partial charge in [-0.3, -0.25) is 0 Å². The van der Waals surface area contributed by atoms with Gasteiger partial charge in [0.1, 0.15) is 35.7 Å². The molecule has 0 bridgehead atoms. The van der Waals surface area contributed by atoms with E-state index in [1.54, 1.807) is 28.8 Å². The van der Waals surface area contributed by atoms with E-state index < -0.39 is 41.1 Å². The Kier molecular flexibility index (Phi) is 5.68. The Balaban J connectivity index is 1.83. The van der Waals surface area contributed by atoms with Crippen LogP contribution in [-0.4, -0.2) is 48.0 Å². The fourth-order valence-corrected chi connectivity index (χ4v) is 5.04. The standard InChI is InChI=1S/C21H20F3N5O2S/c1-21(24)7-6-18(21)29-17-5-3-2-4-15(17)16(10-25)19(29)20-26-11-14(12-27-20)32(30,31)28-13(8-22)9-23/h2-5,11-13,18,28H,6-9H2,1H3. The number of alkyl halides is 3. The van der Waals surface area contributed by atoms with Crippen LogP contribution in [0.5, 0.6) is 0 Å². The molecule has 0 spiro atoms. The monoisotopic (exact) mass is 463 g/mol. The zero-order valence-electron chi connectivity index (χ0n) is 17.1. The molecule has 1 aliphatic rings. The maximum Gasteiger partial charge on any atom is 0.244 e. The molecule has 11 heteroatoms. The topological polar surface area (TPSA) is 101 Å². The van der Waals surface area contributed by atoms with Crippen molar-refractivity contribution in [2.45, 2.75) is 42.4 Å². The third kappa shape index (κ3) is 3.63. The van der Waals surface area contributed by atoms with Crippen molar-refractivity contribution in [2.75, 3.05) is 13.3 Å². The molecule has 0 aliphatic heterocycles. The Morgan fingerprint density at radius 2 is 1.94 bits per heavy atom. The normalized spacial score (nSPS) is 20.9. The van der Waals surface area contributed by atoms with Crippen molar-refractivity contribution in [3.8, 4) is 17.6 Å². The number of nitriles is 1. The number of aromatic nitrogens is 3. The largest absolute Gasteiger partial charge is 0.330 e. The highest BCUT2D eigenvalue weighted by Crippen LogP contribution is 2.49. The van der Waals surface area contributed by atoms with Gasteiger partial charge < -0.3 is 4.57 Å². The Morgan fingerprint density at radius 1 is 1.28 bits per heavy atom. The van der Waals surface area contributed by atoms with Gasteiger partial charge in [0.05, 0.1) is 35.6 Å². The third-order valence-electron chi connectivity index (χ3n) is 5.78. The number of fused-ring (bicyclic) bond motifs is 1. The van der Waals surface area contributed by atoms with Crippen molar-refractivity contribution in [1.82, 2.24) is 19.3 Å². The molecule has 3 aromatic rings. The highest BCUT2D eigenvalue weighted by Gasteiger charge is 2.46. The molecule has 0 amide bonds. The Hall–Kier alpha value is -2.97. The molecule has 168 valence electrons. The summed E-state index contributed by atoms with van der Waals surface area (Å²) >= 11 is 0. The fraction of sp³-hybridized carbons (Fsp3) is 0.381. The lowest BCUT2D eigenvalue weighted by atomic mass is 9.77. The first kappa shape index (κ1) is 22.2. The van der Waals surface area contributed by atoms with Gasteiger partial charge in [0, 0.05) is 5.39 Å². The zero-order chi connectivity index (χ0) is 23.1. The summed E-state index contributed by atoms with van der Waals surface area (Å²) < 4.78 is 68.8. The highest BCUT2D eigenvalue weighted by molar-refractivity contribution is 7.89. The molecule has 1 N–H and O–H groups in total. The number of para-hydroxylation sites is 1. The van der Waals surface area contributed by atoms with Gasteiger partial charge in [-0.1, -0.05) is 18.2 Å². The van der Waals surface area contributed by atoms with Crippen LogP contribution in [-0.2, 0) is 10.0 Å². The van der Waals surface area contributed by atoms with Crippen molar-refractivity contribution < 1.29 is 21.6 Å². The first-order valence-electron chi connectivity index (χ1n) is 9.92. The van der Waals surface area contributed by atoms with Crippen LogP contribution in [0.15, 0.2) is 41.6 Å². The second kappa shape index (κ2) is 8.18. The maximum absolute atomic E-state index is 15.0. The number of rotatable bonds is 7. The molecular weight excluding hydrogens is 443 g/mol. The van der Waals surface area contributed by atoms with Crippen molar-refractivity contribution in [2.24, 2.45) is 0 Å². The number of halogens is 3. The van der Waals surface area contributed by atoms with Crippen molar-refractivity contribution in [3.05, 3.63) is 42.2 Å². The first-order valence-corrected chi connectivity index (χ1v) is 11.4. The molecule has 0 radical (unpaired) electrons. The molecule has 2 aromatic heterocycles. The van der Waals surface area contributed by atoms with Crippen LogP contribution in [0.3, 0.4) is 0 Å². The minimum atomic E-state index is -4.25. The lowest BCUT2D eigenvalue weighted by Crippen LogP contribution is -2.41. The summed E-state index contributed by atoms with van der Waals surface area (Å²) in [5, 5.41) is 10.5. The molecule has 2 atom stereocenters. The Morgan fingerprint density at radius 3 is 2.47 bits per heavy atom. The van der Waals surface area contributed by atoms with E-state index >= 15 is 4.39 Å². The Bertz CT molecular complexity index is 1300. The molecule has 1 aromatic carbocycles. The molecule has 4 rings (SSSR count). The number of nitrogens with one attached hydrogen (secondary N) is 1. The van der Waals surface area contributed by atoms with Gasteiger partial charge in [0.2, 0.25) is 10.0 Å². The summed E-state index contributed by atoms with van der Waals surface area (Å²) in [4.78, 5) is 7.85. The minimum absolute atomic E-state index is 0.0481. The van der Waals surface area contributed by atoms with E-state index in [9.17, 15) is 22.5 Å².